The monoisotopic (exact) mass is 132 g/mol. The van der Waals surface area contributed by atoms with Gasteiger partial charge in [0.15, 0.2) is 0 Å². The number of halogens is 1. The molecule has 2 unspecified atom stereocenters. The Bertz CT molecular complexity index is 85.0. The van der Waals surface area contributed by atoms with E-state index in [1.165, 1.54) is 6.42 Å². The van der Waals surface area contributed by atoms with Crippen LogP contribution in [0.15, 0.2) is 0 Å². The fraction of sp³-hybridized carbons (Fsp3) is 1.00. The second kappa shape index (κ2) is 3.16. The van der Waals surface area contributed by atoms with E-state index < -0.39 is 0 Å². The molecule has 1 rings (SSSR count). The minimum Gasteiger partial charge on any atom is -0.191 e. The lowest BCUT2D eigenvalue weighted by Gasteiger charge is -2.22. The van der Waals surface area contributed by atoms with E-state index in [-0.39, 0.29) is 6.10 Å². The third-order valence-electron chi connectivity index (χ3n) is 2.01. The van der Waals surface area contributed by atoms with Crippen LogP contribution in [0.1, 0.15) is 32.6 Å². The van der Waals surface area contributed by atoms with Gasteiger partial charge >= 0.3 is 0 Å². The molecule has 0 saturated heterocycles. The van der Waals surface area contributed by atoms with Gasteiger partial charge in [0.1, 0.15) is 0 Å². The van der Waals surface area contributed by atoms with E-state index in [0.29, 0.717) is 5.92 Å². The number of rotatable bonds is 1. The molecule has 0 amide bonds. The van der Waals surface area contributed by atoms with Gasteiger partial charge in [0, 0.05) is 0 Å². The lowest BCUT2D eigenvalue weighted by atomic mass is 9.89. The maximum atomic E-state index is 11.6. The maximum absolute atomic E-state index is 11.6. The van der Waals surface area contributed by atoms with E-state index in [2.05, 4.69) is 11.9 Å². The first kappa shape index (κ1) is 7.00. The standard InChI is InChI=1S/C7H13FO/c1-6-3-2-4-7(5-6)9-8/h6-7H,2-5H2,1H3. The lowest BCUT2D eigenvalue weighted by Crippen LogP contribution is -2.18. The average molecular weight is 132 g/mol. The van der Waals surface area contributed by atoms with Crippen molar-refractivity contribution in [2.45, 2.75) is 38.7 Å². The van der Waals surface area contributed by atoms with Crippen molar-refractivity contribution in [1.82, 2.24) is 0 Å². The van der Waals surface area contributed by atoms with Gasteiger partial charge in [-0.25, -0.2) is 0 Å². The second-order valence-corrected chi connectivity index (χ2v) is 2.98. The average Bonchev–Trinajstić information content (AvgIpc) is 1.88. The van der Waals surface area contributed by atoms with Crippen LogP contribution < -0.4 is 0 Å². The number of hydrogen-bond acceptors (Lipinski definition) is 1. The molecule has 1 aliphatic rings. The zero-order valence-electron chi connectivity index (χ0n) is 5.77. The van der Waals surface area contributed by atoms with E-state index in [1.807, 2.05) is 0 Å². The number of hydrogen-bond donors (Lipinski definition) is 0. The topological polar surface area (TPSA) is 9.23 Å². The highest BCUT2D eigenvalue weighted by atomic mass is 19.3. The van der Waals surface area contributed by atoms with Gasteiger partial charge in [-0.15, -0.1) is 0 Å². The molecule has 1 aliphatic carbocycles. The third kappa shape index (κ3) is 1.94. The zero-order chi connectivity index (χ0) is 6.69. The first-order valence-corrected chi connectivity index (χ1v) is 3.60. The van der Waals surface area contributed by atoms with E-state index in [4.69, 9.17) is 0 Å². The summed E-state index contributed by atoms with van der Waals surface area (Å²) in [5.41, 5.74) is 0. The minimum absolute atomic E-state index is 0.103. The van der Waals surface area contributed by atoms with Crippen LogP contribution in [0.3, 0.4) is 0 Å². The molecule has 2 heteroatoms. The van der Waals surface area contributed by atoms with Gasteiger partial charge in [-0.3, -0.25) is 0 Å². The largest absolute Gasteiger partial charge is 0.191 e. The van der Waals surface area contributed by atoms with Gasteiger partial charge in [0.2, 0.25) is 0 Å². The van der Waals surface area contributed by atoms with Crippen LogP contribution in [0.4, 0.5) is 4.53 Å². The fourth-order valence-corrected chi connectivity index (χ4v) is 1.46. The summed E-state index contributed by atoms with van der Waals surface area (Å²) in [6, 6.07) is 0. The van der Waals surface area contributed by atoms with Crippen molar-refractivity contribution in [3.63, 3.8) is 0 Å². The van der Waals surface area contributed by atoms with Crippen LogP contribution in [0, 0.1) is 5.92 Å². The molecule has 0 bridgehead atoms. The van der Waals surface area contributed by atoms with Gasteiger partial charge in [0.25, 0.3) is 0 Å². The van der Waals surface area contributed by atoms with E-state index >= 15 is 0 Å². The molecule has 0 heterocycles. The maximum Gasteiger partial charge on any atom is 0.0986 e. The quantitative estimate of drug-likeness (QED) is 0.532. The third-order valence-corrected chi connectivity index (χ3v) is 2.01. The molecule has 54 valence electrons. The van der Waals surface area contributed by atoms with Crippen LogP contribution in [0.5, 0.6) is 0 Å². The Morgan fingerprint density at radius 3 is 2.67 bits per heavy atom. The minimum atomic E-state index is -0.103. The molecule has 0 aliphatic heterocycles. The summed E-state index contributed by atoms with van der Waals surface area (Å²) in [6.45, 7) is 2.14. The Hall–Kier alpha value is -0.110. The van der Waals surface area contributed by atoms with Crippen LogP contribution in [0.2, 0.25) is 0 Å². The summed E-state index contributed by atoms with van der Waals surface area (Å²) in [5.74, 6) is 0.652. The summed E-state index contributed by atoms with van der Waals surface area (Å²) >= 11 is 0. The molecule has 0 aromatic rings. The summed E-state index contributed by atoms with van der Waals surface area (Å²) in [4.78, 5) is 3.76. The molecule has 0 N–H and O–H groups in total. The van der Waals surface area contributed by atoms with Crippen molar-refractivity contribution in [3.05, 3.63) is 0 Å². The van der Waals surface area contributed by atoms with Crippen molar-refractivity contribution in [2.75, 3.05) is 0 Å². The van der Waals surface area contributed by atoms with Crippen molar-refractivity contribution >= 4 is 0 Å². The van der Waals surface area contributed by atoms with Crippen molar-refractivity contribution in [1.29, 1.82) is 0 Å². The summed E-state index contributed by atoms with van der Waals surface area (Å²) < 4.78 is 11.6. The zero-order valence-corrected chi connectivity index (χ0v) is 5.77. The Morgan fingerprint density at radius 1 is 1.44 bits per heavy atom. The van der Waals surface area contributed by atoms with Gasteiger partial charge in [-0.2, -0.15) is 4.94 Å². The second-order valence-electron chi connectivity index (χ2n) is 2.98. The molecule has 9 heavy (non-hydrogen) atoms. The first-order valence-electron chi connectivity index (χ1n) is 3.60. The Balaban J connectivity index is 2.23. The van der Waals surface area contributed by atoms with E-state index in [1.54, 1.807) is 0 Å². The highest BCUT2D eigenvalue weighted by molar-refractivity contribution is 4.68. The van der Waals surface area contributed by atoms with Gasteiger partial charge in [-0.05, 0) is 23.3 Å². The fourth-order valence-electron chi connectivity index (χ4n) is 1.46. The van der Waals surface area contributed by atoms with Crippen molar-refractivity contribution < 1.29 is 9.47 Å². The van der Waals surface area contributed by atoms with Gasteiger partial charge in [0.05, 0.1) is 6.10 Å². The van der Waals surface area contributed by atoms with Crippen LogP contribution in [-0.4, -0.2) is 6.10 Å². The molecule has 1 saturated carbocycles. The molecule has 0 spiro atoms. The van der Waals surface area contributed by atoms with E-state index in [0.717, 1.165) is 19.3 Å². The Morgan fingerprint density at radius 2 is 2.22 bits per heavy atom. The van der Waals surface area contributed by atoms with Crippen LogP contribution in [-0.2, 0) is 4.94 Å². The van der Waals surface area contributed by atoms with Crippen LogP contribution in [0.25, 0.3) is 0 Å². The molecule has 0 aromatic carbocycles. The molecule has 1 fully saturated rings. The lowest BCUT2D eigenvalue weighted by molar-refractivity contribution is -0.191. The molecular weight excluding hydrogens is 119 g/mol. The molecular formula is C7H13FO. The highest BCUT2D eigenvalue weighted by Gasteiger charge is 2.19. The first-order chi connectivity index (χ1) is 4.33. The highest BCUT2D eigenvalue weighted by Crippen LogP contribution is 2.25. The Kier molecular flexibility index (Phi) is 2.46. The Labute approximate surface area is 55.1 Å². The van der Waals surface area contributed by atoms with Gasteiger partial charge < -0.3 is 0 Å². The molecule has 0 radical (unpaired) electrons. The smallest absolute Gasteiger partial charge is 0.0986 e. The summed E-state index contributed by atoms with van der Waals surface area (Å²) in [5, 5.41) is 0. The van der Waals surface area contributed by atoms with Crippen molar-refractivity contribution in [3.8, 4) is 0 Å². The van der Waals surface area contributed by atoms with Crippen molar-refractivity contribution in [2.24, 2.45) is 5.92 Å². The van der Waals surface area contributed by atoms with Gasteiger partial charge in [-0.1, -0.05) is 19.8 Å². The summed E-state index contributed by atoms with van der Waals surface area (Å²) in [6.07, 6.45) is 4.06. The molecule has 1 nitrogen and oxygen atoms in total. The molecule has 2 atom stereocenters. The normalized spacial score (nSPS) is 36.7. The van der Waals surface area contributed by atoms with Crippen LogP contribution >= 0.6 is 0 Å². The predicted molar refractivity (Wildman–Crippen MR) is 33.6 cm³/mol. The van der Waals surface area contributed by atoms with E-state index in [9.17, 15) is 4.53 Å². The predicted octanol–water partition coefficient (Wildman–Crippen LogP) is 2.47. The molecule has 0 aromatic heterocycles. The SMILES string of the molecule is CC1CCCC(OF)C1. The summed E-state index contributed by atoms with van der Waals surface area (Å²) in [7, 11) is 0.